The number of rotatable bonds is 3. The fourth-order valence-corrected chi connectivity index (χ4v) is 3.26. The lowest BCUT2D eigenvalue weighted by Crippen LogP contribution is -2.45. The van der Waals surface area contributed by atoms with Gasteiger partial charge in [-0.3, -0.25) is 9.58 Å². The van der Waals surface area contributed by atoms with Crippen LogP contribution in [0.2, 0.25) is 0 Å². The second-order valence-corrected chi connectivity index (χ2v) is 5.02. The highest BCUT2D eigenvalue weighted by Crippen LogP contribution is 2.35. The molecule has 0 amide bonds. The minimum absolute atomic E-state index is 0.0570. The van der Waals surface area contributed by atoms with Gasteiger partial charge in [0.1, 0.15) is 0 Å². The second kappa shape index (κ2) is 4.18. The number of hydrogen-bond donors (Lipinski definition) is 1. The first-order chi connectivity index (χ1) is 7.83. The largest absolute Gasteiger partial charge is 0.393 e. The first kappa shape index (κ1) is 10.3. The summed E-state index contributed by atoms with van der Waals surface area (Å²) in [7, 11) is 0. The molecular weight excluding hydrogens is 202 g/mol. The molecule has 1 aromatic heterocycles. The van der Waals surface area contributed by atoms with Crippen molar-refractivity contribution >= 4 is 0 Å². The average molecular weight is 221 g/mol. The van der Waals surface area contributed by atoms with Crippen molar-refractivity contribution in [3.63, 3.8) is 0 Å². The van der Waals surface area contributed by atoms with Gasteiger partial charge in [0, 0.05) is 31.0 Å². The maximum Gasteiger partial charge on any atom is 0.0570 e. The number of aromatic nitrogens is 2. The topological polar surface area (TPSA) is 41.3 Å². The summed E-state index contributed by atoms with van der Waals surface area (Å²) in [6.07, 6.45) is 8.25. The van der Waals surface area contributed by atoms with E-state index in [1.165, 1.54) is 12.8 Å². The van der Waals surface area contributed by atoms with E-state index < -0.39 is 0 Å². The van der Waals surface area contributed by atoms with Crippen molar-refractivity contribution in [3.8, 4) is 0 Å². The van der Waals surface area contributed by atoms with Gasteiger partial charge in [0.05, 0.1) is 12.6 Å². The molecule has 88 valence electrons. The molecule has 2 aliphatic rings. The van der Waals surface area contributed by atoms with E-state index in [1.54, 1.807) is 0 Å². The van der Waals surface area contributed by atoms with E-state index in [0.29, 0.717) is 12.1 Å². The van der Waals surface area contributed by atoms with Crippen molar-refractivity contribution in [1.82, 2.24) is 14.7 Å². The highest BCUT2D eigenvalue weighted by atomic mass is 16.3. The Kier molecular flexibility index (Phi) is 2.69. The zero-order valence-electron chi connectivity index (χ0n) is 9.50. The van der Waals surface area contributed by atoms with Crippen LogP contribution in [0.3, 0.4) is 0 Å². The summed E-state index contributed by atoms with van der Waals surface area (Å²) in [5, 5.41) is 13.9. The number of piperidine rings is 1. The second-order valence-electron chi connectivity index (χ2n) is 5.02. The van der Waals surface area contributed by atoms with Gasteiger partial charge in [0.25, 0.3) is 0 Å². The number of aliphatic hydroxyl groups excluding tert-OH is 1. The Morgan fingerprint density at radius 1 is 1.19 bits per heavy atom. The summed E-state index contributed by atoms with van der Waals surface area (Å²) in [6, 6.07) is 3.20. The molecule has 0 aliphatic carbocycles. The molecule has 3 heterocycles. The maximum atomic E-state index is 9.72. The molecule has 2 saturated heterocycles. The van der Waals surface area contributed by atoms with Gasteiger partial charge in [-0.15, -0.1) is 0 Å². The molecule has 0 aromatic carbocycles. The van der Waals surface area contributed by atoms with Crippen LogP contribution >= 0.6 is 0 Å². The molecule has 2 bridgehead atoms. The molecule has 2 unspecified atom stereocenters. The lowest BCUT2D eigenvalue weighted by atomic mass is 10.00. The fraction of sp³-hybridized carbons (Fsp3) is 0.750. The van der Waals surface area contributed by atoms with Crippen molar-refractivity contribution in [2.75, 3.05) is 6.54 Å². The minimum Gasteiger partial charge on any atom is -0.393 e. The van der Waals surface area contributed by atoms with E-state index in [4.69, 9.17) is 0 Å². The molecular formula is C12H19N3O. The van der Waals surface area contributed by atoms with Gasteiger partial charge in [0.15, 0.2) is 0 Å². The monoisotopic (exact) mass is 221 g/mol. The number of nitrogens with zero attached hydrogens (tertiary/aromatic N) is 3. The predicted molar refractivity (Wildman–Crippen MR) is 61.0 cm³/mol. The van der Waals surface area contributed by atoms with Crippen LogP contribution in [0.15, 0.2) is 18.5 Å². The molecule has 4 nitrogen and oxygen atoms in total. The molecule has 1 N–H and O–H groups in total. The molecule has 2 aliphatic heterocycles. The first-order valence-electron chi connectivity index (χ1n) is 6.24. The Hall–Kier alpha value is -0.870. The van der Waals surface area contributed by atoms with Crippen molar-refractivity contribution in [3.05, 3.63) is 18.5 Å². The molecule has 3 rings (SSSR count). The molecule has 0 spiro atoms. The van der Waals surface area contributed by atoms with Crippen LogP contribution in [0, 0.1) is 0 Å². The van der Waals surface area contributed by atoms with E-state index in [9.17, 15) is 5.11 Å². The van der Waals surface area contributed by atoms with Gasteiger partial charge >= 0.3 is 0 Å². The molecule has 16 heavy (non-hydrogen) atoms. The number of fused-ring (bicyclic) bond motifs is 2. The third-order valence-electron chi connectivity index (χ3n) is 4.01. The summed E-state index contributed by atoms with van der Waals surface area (Å²) in [4.78, 5) is 2.58. The Balaban J connectivity index is 1.59. The summed E-state index contributed by atoms with van der Waals surface area (Å²) in [5.41, 5.74) is 0. The van der Waals surface area contributed by atoms with Crippen LogP contribution in [-0.2, 0) is 6.54 Å². The van der Waals surface area contributed by atoms with E-state index in [1.807, 2.05) is 23.1 Å². The van der Waals surface area contributed by atoms with Crippen LogP contribution in [0.25, 0.3) is 0 Å². The predicted octanol–water partition coefficient (Wildman–Crippen LogP) is 0.871. The van der Waals surface area contributed by atoms with Crippen LogP contribution in [-0.4, -0.2) is 44.5 Å². The summed E-state index contributed by atoms with van der Waals surface area (Å²) >= 11 is 0. The van der Waals surface area contributed by atoms with Crippen molar-refractivity contribution < 1.29 is 5.11 Å². The van der Waals surface area contributed by atoms with Crippen LogP contribution in [0.5, 0.6) is 0 Å². The Labute approximate surface area is 95.9 Å². The van der Waals surface area contributed by atoms with Gasteiger partial charge in [-0.1, -0.05) is 0 Å². The average Bonchev–Trinajstić information content (AvgIpc) is 2.83. The fourth-order valence-electron chi connectivity index (χ4n) is 3.26. The van der Waals surface area contributed by atoms with Crippen LogP contribution in [0.1, 0.15) is 25.7 Å². The van der Waals surface area contributed by atoms with Crippen molar-refractivity contribution in [2.45, 2.75) is 50.4 Å². The SMILES string of the molecule is OC1CC2CCC(C1)N2CCn1cccn1. The van der Waals surface area contributed by atoms with Gasteiger partial charge in [-0.2, -0.15) is 5.10 Å². The van der Waals surface area contributed by atoms with Crippen molar-refractivity contribution in [2.24, 2.45) is 0 Å². The third kappa shape index (κ3) is 1.87. The van der Waals surface area contributed by atoms with Crippen LogP contribution < -0.4 is 0 Å². The normalized spacial score (nSPS) is 34.4. The summed E-state index contributed by atoms with van der Waals surface area (Å²) in [6.45, 7) is 2.04. The maximum absolute atomic E-state index is 9.72. The molecule has 2 fully saturated rings. The lowest BCUT2D eigenvalue weighted by molar-refractivity contribution is 0.0333. The number of aliphatic hydroxyl groups is 1. The molecule has 0 saturated carbocycles. The molecule has 4 heteroatoms. The van der Waals surface area contributed by atoms with Gasteiger partial charge in [-0.25, -0.2) is 0 Å². The Morgan fingerprint density at radius 3 is 2.56 bits per heavy atom. The zero-order chi connectivity index (χ0) is 11.0. The Bertz CT molecular complexity index is 324. The van der Waals surface area contributed by atoms with E-state index >= 15 is 0 Å². The van der Waals surface area contributed by atoms with Gasteiger partial charge in [0.2, 0.25) is 0 Å². The standard InChI is InChI=1S/C12H19N3O/c16-12-8-10-2-3-11(9-12)15(10)7-6-14-5-1-4-13-14/h1,4-5,10-12,16H,2-3,6-9H2. The quantitative estimate of drug-likeness (QED) is 0.823. The van der Waals surface area contributed by atoms with E-state index in [2.05, 4.69) is 10.00 Å². The minimum atomic E-state index is -0.0570. The van der Waals surface area contributed by atoms with Gasteiger partial charge < -0.3 is 5.11 Å². The third-order valence-corrected chi connectivity index (χ3v) is 4.01. The highest BCUT2D eigenvalue weighted by molar-refractivity contribution is 4.95. The Morgan fingerprint density at radius 2 is 1.94 bits per heavy atom. The van der Waals surface area contributed by atoms with E-state index in [-0.39, 0.29) is 6.10 Å². The lowest BCUT2D eigenvalue weighted by Gasteiger charge is -2.37. The number of hydrogen-bond acceptors (Lipinski definition) is 3. The molecule has 0 radical (unpaired) electrons. The first-order valence-corrected chi connectivity index (χ1v) is 6.24. The highest BCUT2D eigenvalue weighted by Gasteiger charge is 2.39. The molecule has 2 atom stereocenters. The van der Waals surface area contributed by atoms with Crippen molar-refractivity contribution in [1.29, 1.82) is 0 Å². The smallest absolute Gasteiger partial charge is 0.0570 e. The van der Waals surface area contributed by atoms with Gasteiger partial charge in [-0.05, 0) is 31.7 Å². The summed E-state index contributed by atoms with van der Waals surface area (Å²) in [5.74, 6) is 0. The zero-order valence-corrected chi connectivity index (χ0v) is 9.50. The summed E-state index contributed by atoms with van der Waals surface area (Å²) < 4.78 is 1.99. The van der Waals surface area contributed by atoms with Crippen LogP contribution in [0.4, 0.5) is 0 Å². The van der Waals surface area contributed by atoms with E-state index in [0.717, 1.165) is 25.9 Å². The molecule has 1 aromatic rings.